The Morgan fingerprint density at radius 2 is 2.08 bits per heavy atom. The van der Waals surface area contributed by atoms with E-state index in [0.717, 1.165) is 16.7 Å². The van der Waals surface area contributed by atoms with E-state index in [4.69, 9.17) is 25.8 Å². The molecule has 0 radical (unpaired) electrons. The molecule has 0 aromatic heterocycles. The Morgan fingerprint density at radius 1 is 1.38 bits per heavy atom. The molecular weight excluding hydrogens is 358 g/mol. The first kappa shape index (κ1) is 16.7. The van der Waals surface area contributed by atoms with Gasteiger partial charge in [-0.2, -0.15) is 0 Å². The minimum absolute atomic E-state index is 0.102. The number of ether oxygens (including phenoxy) is 3. The van der Waals surface area contributed by atoms with Gasteiger partial charge in [0, 0.05) is 6.07 Å². The van der Waals surface area contributed by atoms with Gasteiger partial charge in [-0.1, -0.05) is 11.6 Å². The van der Waals surface area contributed by atoms with Crippen LogP contribution < -0.4 is 9.47 Å². The quantitative estimate of drug-likeness (QED) is 0.596. The molecule has 1 fully saturated rings. The maximum absolute atomic E-state index is 12.3. The number of carbonyl (C=O) groups is 3. The van der Waals surface area contributed by atoms with E-state index >= 15 is 0 Å². The average Bonchev–Trinajstić information content (AvgIpc) is 3.07. The van der Waals surface area contributed by atoms with Crippen LogP contribution in [-0.2, 0) is 14.3 Å². The molecule has 1 saturated heterocycles. The minimum atomic E-state index is -0.637. The number of benzene rings is 1. The smallest absolute Gasteiger partial charge is 0.326 e. The van der Waals surface area contributed by atoms with Gasteiger partial charge in [0.2, 0.25) is 6.79 Å². The number of rotatable bonds is 4. The third-order valence-corrected chi connectivity index (χ3v) is 4.48. The van der Waals surface area contributed by atoms with Crippen molar-refractivity contribution in [3.05, 3.63) is 27.6 Å². The number of imide groups is 1. The third-order valence-electron chi connectivity index (χ3n) is 3.24. The summed E-state index contributed by atoms with van der Waals surface area (Å²) in [6, 6.07) is 3.21. The number of hydrogen-bond acceptors (Lipinski definition) is 7. The van der Waals surface area contributed by atoms with E-state index in [2.05, 4.69) is 0 Å². The molecule has 0 spiro atoms. The maximum atomic E-state index is 12.3. The van der Waals surface area contributed by atoms with Crippen molar-refractivity contribution >= 4 is 46.6 Å². The molecule has 2 aliphatic heterocycles. The molecule has 0 saturated carbocycles. The van der Waals surface area contributed by atoms with E-state index in [-0.39, 0.29) is 18.3 Å². The summed E-state index contributed by atoms with van der Waals surface area (Å²) in [5.74, 6) is -0.169. The topological polar surface area (TPSA) is 82.1 Å². The fraction of sp³-hybridized carbons (Fsp3) is 0.267. The molecular formula is C15H12ClNO6S. The fourth-order valence-corrected chi connectivity index (χ4v) is 3.19. The van der Waals surface area contributed by atoms with Crippen LogP contribution in [0.2, 0.25) is 5.02 Å². The number of halogens is 1. The van der Waals surface area contributed by atoms with Gasteiger partial charge >= 0.3 is 5.97 Å². The highest BCUT2D eigenvalue weighted by atomic mass is 35.5. The fourth-order valence-electron chi connectivity index (χ4n) is 2.16. The van der Waals surface area contributed by atoms with Crippen LogP contribution in [0.1, 0.15) is 12.5 Å². The van der Waals surface area contributed by atoms with Crippen molar-refractivity contribution in [2.24, 2.45) is 0 Å². The maximum Gasteiger partial charge on any atom is 0.326 e. The molecule has 0 unspecified atom stereocenters. The van der Waals surface area contributed by atoms with Crippen LogP contribution in [0.15, 0.2) is 17.0 Å². The lowest BCUT2D eigenvalue weighted by molar-refractivity contribution is -0.145. The Labute approximate surface area is 146 Å². The molecule has 24 heavy (non-hydrogen) atoms. The Kier molecular flexibility index (Phi) is 4.68. The van der Waals surface area contributed by atoms with E-state index in [9.17, 15) is 14.4 Å². The number of carbonyl (C=O) groups excluding carboxylic acids is 3. The lowest BCUT2D eigenvalue weighted by Crippen LogP contribution is -2.34. The predicted octanol–water partition coefficient (Wildman–Crippen LogP) is 2.67. The first-order valence-electron chi connectivity index (χ1n) is 6.99. The van der Waals surface area contributed by atoms with Crippen LogP contribution >= 0.6 is 23.4 Å². The lowest BCUT2D eigenvalue weighted by Gasteiger charge is -2.10. The lowest BCUT2D eigenvalue weighted by atomic mass is 10.2. The Morgan fingerprint density at radius 3 is 2.79 bits per heavy atom. The molecule has 0 N–H and O–H groups in total. The third kappa shape index (κ3) is 3.20. The highest BCUT2D eigenvalue weighted by Gasteiger charge is 2.36. The number of nitrogens with zero attached hydrogens (tertiary/aromatic N) is 1. The zero-order valence-corrected chi connectivity index (χ0v) is 14.1. The van der Waals surface area contributed by atoms with Crippen LogP contribution in [0.5, 0.6) is 11.5 Å². The number of esters is 1. The van der Waals surface area contributed by atoms with Gasteiger partial charge < -0.3 is 14.2 Å². The van der Waals surface area contributed by atoms with Crippen LogP contribution in [0.4, 0.5) is 4.79 Å². The Balaban J connectivity index is 1.83. The van der Waals surface area contributed by atoms with Crippen LogP contribution in [0.25, 0.3) is 6.08 Å². The predicted molar refractivity (Wildman–Crippen MR) is 86.9 cm³/mol. The van der Waals surface area contributed by atoms with E-state index in [0.29, 0.717) is 22.1 Å². The van der Waals surface area contributed by atoms with Crippen molar-refractivity contribution in [3.63, 3.8) is 0 Å². The number of amides is 2. The summed E-state index contributed by atoms with van der Waals surface area (Å²) in [7, 11) is 0. The molecule has 2 heterocycles. The number of thioether (sulfide) groups is 1. The largest absolute Gasteiger partial charge is 0.465 e. The van der Waals surface area contributed by atoms with Crippen LogP contribution in [-0.4, -0.2) is 42.0 Å². The zero-order chi connectivity index (χ0) is 17.3. The first-order chi connectivity index (χ1) is 11.5. The zero-order valence-electron chi connectivity index (χ0n) is 12.5. The van der Waals surface area contributed by atoms with Crippen molar-refractivity contribution in [2.45, 2.75) is 6.92 Å². The summed E-state index contributed by atoms with van der Waals surface area (Å²) in [5, 5.41) is -0.174. The molecule has 3 rings (SSSR count). The van der Waals surface area contributed by atoms with E-state index in [1.165, 1.54) is 6.08 Å². The van der Waals surface area contributed by atoms with Gasteiger partial charge in [-0.15, -0.1) is 0 Å². The molecule has 126 valence electrons. The molecule has 1 aromatic rings. The second-order valence-electron chi connectivity index (χ2n) is 4.80. The second kappa shape index (κ2) is 6.74. The van der Waals surface area contributed by atoms with E-state index in [1.807, 2.05) is 0 Å². The van der Waals surface area contributed by atoms with Gasteiger partial charge in [0.15, 0.2) is 11.5 Å². The minimum Gasteiger partial charge on any atom is -0.465 e. The molecule has 2 amide bonds. The first-order valence-corrected chi connectivity index (χ1v) is 8.19. The van der Waals surface area contributed by atoms with E-state index < -0.39 is 23.7 Å². The molecule has 0 bridgehead atoms. The average molecular weight is 370 g/mol. The monoisotopic (exact) mass is 369 g/mol. The summed E-state index contributed by atoms with van der Waals surface area (Å²) in [6.45, 7) is 1.51. The Bertz CT molecular complexity index is 763. The van der Waals surface area contributed by atoms with Gasteiger partial charge in [-0.25, -0.2) is 0 Å². The summed E-state index contributed by atoms with van der Waals surface area (Å²) in [6.07, 6.45) is 1.49. The molecule has 7 nitrogen and oxygen atoms in total. The molecule has 1 aromatic carbocycles. The van der Waals surface area contributed by atoms with Gasteiger partial charge in [0.1, 0.15) is 6.54 Å². The van der Waals surface area contributed by atoms with E-state index in [1.54, 1.807) is 19.1 Å². The summed E-state index contributed by atoms with van der Waals surface area (Å²) < 4.78 is 15.2. The van der Waals surface area contributed by atoms with Crippen molar-refractivity contribution in [2.75, 3.05) is 19.9 Å². The highest BCUT2D eigenvalue weighted by Crippen LogP contribution is 2.39. The standard InChI is InChI=1S/C15H12ClNO6S/c1-2-21-13(18)6-17-14(19)12(24-15(17)20)4-8-3-10-11(5-9(8)16)23-7-22-10/h3-5H,2,6-7H2,1H3/b12-4-. The summed E-state index contributed by atoms with van der Waals surface area (Å²) in [5.41, 5.74) is 0.516. The van der Waals surface area contributed by atoms with Crippen LogP contribution in [0.3, 0.4) is 0 Å². The Hall–Kier alpha value is -2.19. The molecule has 9 heteroatoms. The van der Waals surface area contributed by atoms with Crippen molar-refractivity contribution < 1.29 is 28.6 Å². The number of fused-ring (bicyclic) bond motifs is 1. The highest BCUT2D eigenvalue weighted by molar-refractivity contribution is 8.18. The summed E-state index contributed by atoms with van der Waals surface area (Å²) >= 11 is 6.90. The van der Waals surface area contributed by atoms with Gasteiger partial charge in [0.05, 0.1) is 16.5 Å². The molecule has 2 aliphatic rings. The normalized spacial score (nSPS) is 17.8. The molecule has 0 atom stereocenters. The molecule has 0 aliphatic carbocycles. The van der Waals surface area contributed by atoms with Crippen molar-refractivity contribution in [3.8, 4) is 11.5 Å². The summed E-state index contributed by atoms with van der Waals surface area (Å²) in [4.78, 5) is 36.8. The van der Waals surface area contributed by atoms with Crippen LogP contribution in [0, 0.1) is 0 Å². The SMILES string of the molecule is CCOC(=O)CN1C(=O)S/C(=C\c2cc3c(cc2Cl)OCO3)C1=O. The van der Waals surface area contributed by atoms with Gasteiger partial charge in [-0.05, 0) is 36.4 Å². The van der Waals surface area contributed by atoms with Gasteiger partial charge in [0.25, 0.3) is 11.1 Å². The second-order valence-corrected chi connectivity index (χ2v) is 6.20. The van der Waals surface area contributed by atoms with Crippen molar-refractivity contribution in [1.82, 2.24) is 4.90 Å². The van der Waals surface area contributed by atoms with Crippen molar-refractivity contribution in [1.29, 1.82) is 0 Å². The number of hydrogen-bond donors (Lipinski definition) is 0. The van der Waals surface area contributed by atoms with Gasteiger partial charge in [-0.3, -0.25) is 19.3 Å².